The first-order chi connectivity index (χ1) is 4.75. The Balaban J connectivity index is 2.71. The lowest BCUT2D eigenvalue weighted by Gasteiger charge is -2.20. The molecule has 2 heteroatoms. The van der Waals surface area contributed by atoms with Crippen LogP contribution in [0.4, 0.5) is 0 Å². The summed E-state index contributed by atoms with van der Waals surface area (Å²) in [6.45, 7) is 1.94. The molecule has 0 heterocycles. The molecular formula is C8H12O2. The van der Waals surface area contributed by atoms with Gasteiger partial charge >= 0.3 is 0 Å². The van der Waals surface area contributed by atoms with Crippen molar-refractivity contribution in [1.29, 1.82) is 0 Å². The van der Waals surface area contributed by atoms with E-state index in [-0.39, 0.29) is 11.7 Å². The molecule has 2 unspecified atom stereocenters. The minimum atomic E-state index is -0.505. The Kier molecular flexibility index (Phi) is 2.12. The van der Waals surface area contributed by atoms with Crippen molar-refractivity contribution >= 4 is 0 Å². The molecule has 2 N–H and O–H groups in total. The summed E-state index contributed by atoms with van der Waals surface area (Å²) in [6.07, 6.45) is 5.25. The largest absolute Gasteiger partial charge is 0.512 e. The zero-order valence-corrected chi connectivity index (χ0v) is 5.99. The molecule has 1 aliphatic rings. The highest BCUT2D eigenvalue weighted by atomic mass is 16.3. The van der Waals surface area contributed by atoms with Crippen LogP contribution in [0, 0.1) is 5.92 Å². The lowest BCUT2D eigenvalue weighted by molar-refractivity contribution is 0.136. The van der Waals surface area contributed by atoms with E-state index in [0.29, 0.717) is 0 Å². The molecule has 0 fully saturated rings. The van der Waals surface area contributed by atoms with Gasteiger partial charge in [0.05, 0.1) is 11.9 Å². The van der Waals surface area contributed by atoms with E-state index in [9.17, 15) is 10.2 Å². The summed E-state index contributed by atoms with van der Waals surface area (Å²) in [4.78, 5) is 0. The van der Waals surface area contributed by atoms with Gasteiger partial charge in [-0.2, -0.15) is 0 Å². The van der Waals surface area contributed by atoms with E-state index in [1.54, 1.807) is 18.2 Å². The van der Waals surface area contributed by atoms with Gasteiger partial charge in [0, 0.05) is 5.92 Å². The molecule has 0 saturated carbocycles. The van der Waals surface area contributed by atoms with Gasteiger partial charge in [-0.05, 0) is 12.5 Å². The molecule has 0 aromatic rings. The quantitative estimate of drug-likeness (QED) is 0.577. The van der Waals surface area contributed by atoms with Crippen molar-refractivity contribution in [2.24, 2.45) is 5.92 Å². The summed E-state index contributed by atoms with van der Waals surface area (Å²) < 4.78 is 0. The van der Waals surface area contributed by atoms with Crippen molar-refractivity contribution in [3.05, 3.63) is 24.0 Å². The summed E-state index contributed by atoms with van der Waals surface area (Å²) >= 11 is 0. The van der Waals surface area contributed by atoms with Crippen LogP contribution >= 0.6 is 0 Å². The Morgan fingerprint density at radius 2 is 2.30 bits per heavy atom. The maximum absolute atomic E-state index is 9.25. The molecule has 0 aromatic heterocycles. The predicted molar refractivity (Wildman–Crippen MR) is 39.6 cm³/mol. The van der Waals surface area contributed by atoms with Gasteiger partial charge in [0.1, 0.15) is 0 Å². The molecule has 0 amide bonds. The van der Waals surface area contributed by atoms with Gasteiger partial charge in [-0.1, -0.05) is 19.1 Å². The van der Waals surface area contributed by atoms with Crippen LogP contribution in [0.1, 0.15) is 13.3 Å². The molecule has 1 aliphatic carbocycles. The maximum atomic E-state index is 9.25. The molecule has 0 aliphatic heterocycles. The summed E-state index contributed by atoms with van der Waals surface area (Å²) in [6, 6.07) is 0. The Morgan fingerprint density at radius 1 is 1.60 bits per heavy atom. The Morgan fingerprint density at radius 3 is 2.70 bits per heavy atom. The summed E-state index contributed by atoms with van der Waals surface area (Å²) in [5, 5.41) is 18.4. The first kappa shape index (κ1) is 7.35. The molecular weight excluding hydrogens is 128 g/mol. The Labute approximate surface area is 60.5 Å². The highest BCUT2D eigenvalue weighted by molar-refractivity contribution is 5.18. The van der Waals surface area contributed by atoms with E-state index in [2.05, 4.69) is 0 Å². The lowest BCUT2D eigenvalue weighted by atomic mass is 9.93. The van der Waals surface area contributed by atoms with Crippen molar-refractivity contribution in [3.8, 4) is 0 Å². The van der Waals surface area contributed by atoms with E-state index in [0.717, 1.165) is 6.42 Å². The molecule has 1 rings (SSSR count). The highest BCUT2D eigenvalue weighted by Gasteiger charge is 2.20. The summed E-state index contributed by atoms with van der Waals surface area (Å²) in [5.41, 5.74) is 0. The Bertz CT molecular complexity index is 170. The maximum Gasteiger partial charge on any atom is 0.0982 e. The molecule has 2 atom stereocenters. The molecule has 10 heavy (non-hydrogen) atoms. The lowest BCUT2D eigenvalue weighted by Crippen LogP contribution is -2.21. The fourth-order valence-corrected chi connectivity index (χ4v) is 1.15. The van der Waals surface area contributed by atoms with Gasteiger partial charge in [0.15, 0.2) is 0 Å². The fourth-order valence-electron chi connectivity index (χ4n) is 1.15. The van der Waals surface area contributed by atoms with Crippen LogP contribution in [0.3, 0.4) is 0 Å². The van der Waals surface area contributed by atoms with Crippen LogP contribution in [-0.4, -0.2) is 16.3 Å². The highest BCUT2D eigenvalue weighted by Crippen LogP contribution is 2.21. The van der Waals surface area contributed by atoms with Crippen molar-refractivity contribution in [3.63, 3.8) is 0 Å². The van der Waals surface area contributed by atoms with Gasteiger partial charge < -0.3 is 10.2 Å². The van der Waals surface area contributed by atoms with Gasteiger partial charge in [-0.25, -0.2) is 0 Å². The van der Waals surface area contributed by atoms with Crippen LogP contribution in [0.15, 0.2) is 24.0 Å². The zero-order chi connectivity index (χ0) is 7.56. The normalized spacial score (nSPS) is 32.0. The van der Waals surface area contributed by atoms with Crippen LogP contribution in [0.5, 0.6) is 0 Å². The number of aliphatic hydroxyl groups excluding tert-OH is 2. The average molecular weight is 140 g/mol. The van der Waals surface area contributed by atoms with Crippen molar-refractivity contribution in [1.82, 2.24) is 0 Å². The van der Waals surface area contributed by atoms with Crippen molar-refractivity contribution in [2.75, 3.05) is 0 Å². The second kappa shape index (κ2) is 2.88. The molecule has 2 nitrogen and oxygen atoms in total. The third kappa shape index (κ3) is 1.21. The van der Waals surface area contributed by atoms with E-state index in [1.165, 1.54) is 0 Å². The third-order valence-corrected chi connectivity index (χ3v) is 1.81. The van der Waals surface area contributed by atoms with Crippen molar-refractivity contribution in [2.45, 2.75) is 19.4 Å². The first-order valence-corrected chi connectivity index (χ1v) is 3.51. The van der Waals surface area contributed by atoms with Crippen LogP contribution in [0.25, 0.3) is 0 Å². The molecule has 0 bridgehead atoms. The van der Waals surface area contributed by atoms with Gasteiger partial charge in [-0.3, -0.25) is 0 Å². The van der Waals surface area contributed by atoms with E-state index in [4.69, 9.17) is 0 Å². The van der Waals surface area contributed by atoms with Crippen LogP contribution < -0.4 is 0 Å². The number of hydrogen-bond acceptors (Lipinski definition) is 2. The minimum absolute atomic E-state index is 0.0926. The number of aliphatic hydroxyl groups is 2. The van der Waals surface area contributed by atoms with Gasteiger partial charge in [0.25, 0.3) is 0 Å². The molecule has 0 radical (unpaired) electrons. The van der Waals surface area contributed by atoms with Gasteiger partial charge in [0.2, 0.25) is 0 Å². The summed E-state index contributed by atoms with van der Waals surface area (Å²) in [7, 11) is 0. The number of allylic oxidation sites excluding steroid dienone is 2. The smallest absolute Gasteiger partial charge is 0.0982 e. The van der Waals surface area contributed by atoms with Crippen LogP contribution in [-0.2, 0) is 0 Å². The first-order valence-electron chi connectivity index (χ1n) is 3.51. The molecule has 0 spiro atoms. The zero-order valence-electron chi connectivity index (χ0n) is 5.99. The second-order valence-corrected chi connectivity index (χ2v) is 2.48. The number of hydrogen-bond donors (Lipinski definition) is 2. The standard InChI is InChI=1S/C8H12O2/c1-2-6-7(9)4-3-5-8(6)10/h3-7,9-10H,2H2,1H3. The van der Waals surface area contributed by atoms with E-state index >= 15 is 0 Å². The van der Waals surface area contributed by atoms with E-state index in [1.807, 2.05) is 6.92 Å². The SMILES string of the molecule is CCC1C(O)=CC=CC1O. The predicted octanol–water partition coefficient (Wildman–Crippen LogP) is 1.39. The van der Waals surface area contributed by atoms with Crippen LogP contribution in [0.2, 0.25) is 0 Å². The Hall–Kier alpha value is -0.760. The van der Waals surface area contributed by atoms with E-state index < -0.39 is 6.10 Å². The van der Waals surface area contributed by atoms with Gasteiger partial charge in [-0.15, -0.1) is 0 Å². The molecule has 0 aromatic carbocycles. The topological polar surface area (TPSA) is 40.5 Å². The molecule has 56 valence electrons. The third-order valence-electron chi connectivity index (χ3n) is 1.81. The monoisotopic (exact) mass is 140 g/mol. The average Bonchev–Trinajstić information content (AvgIpc) is 1.88. The summed E-state index contributed by atoms with van der Waals surface area (Å²) in [5.74, 6) is 0.197. The second-order valence-electron chi connectivity index (χ2n) is 2.48. The van der Waals surface area contributed by atoms with Crippen molar-refractivity contribution < 1.29 is 10.2 Å². The molecule has 0 saturated heterocycles. The number of rotatable bonds is 1. The minimum Gasteiger partial charge on any atom is -0.512 e. The fraction of sp³-hybridized carbons (Fsp3) is 0.500.